The molecule has 0 bridgehead atoms. The Morgan fingerprint density at radius 2 is 2.43 bits per heavy atom. The van der Waals surface area contributed by atoms with Gasteiger partial charge in [-0.3, -0.25) is 4.99 Å². The van der Waals surface area contributed by atoms with E-state index in [9.17, 15) is 0 Å². The average molecular weight is 322 g/mol. The Morgan fingerprint density at radius 1 is 1.57 bits per heavy atom. The summed E-state index contributed by atoms with van der Waals surface area (Å²) >= 11 is 0. The zero-order valence-electron chi connectivity index (χ0n) is 14.6. The van der Waals surface area contributed by atoms with E-state index in [1.54, 1.807) is 0 Å². The van der Waals surface area contributed by atoms with Crippen LogP contribution in [0.3, 0.4) is 0 Å². The molecule has 1 aliphatic rings. The van der Waals surface area contributed by atoms with E-state index < -0.39 is 0 Å². The van der Waals surface area contributed by atoms with Gasteiger partial charge in [-0.05, 0) is 31.4 Å². The van der Waals surface area contributed by atoms with E-state index >= 15 is 0 Å². The quantitative estimate of drug-likeness (QED) is 0.449. The van der Waals surface area contributed by atoms with Crippen LogP contribution in [0.5, 0.6) is 0 Å². The Labute approximate surface area is 139 Å². The number of aromatic nitrogens is 1. The normalized spacial score (nSPS) is 18.4. The predicted octanol–water partition coefficient (Wildman–Crippen LogP) is 1.62. The second-order valence-corrected chi connectivity index (χ2v) is 6.00. The van der Waals surface area contributed by atoms with E-state index in [0.29, 0.717) is 6.10 Å². The van der Waals surface area contributed by atoms with Crippen molar-refractivity contribution < 1.29 is 9.47 Å². The lowest BCUT2D eigenvalue weighted by Gasteiger charge is -2.22. The van der Waals surface area contributed by atoms with Crippen LogP contribution in [-0.4, -0.2) is 62.0 Å². The summed E-state index contributed by atoms with van der Waals surface area (Å²) in [4.78, 5) is 6.47. The number of ether oxygens (including phenoxy) is 2. The topological polar surface area (TPSA) is 51.0 Å². The number of rotatable bonds is 8. The van der Waals surface area contributed by atoms with Crippen molar-refractivity contribution >= 4 is 5.96 Å². The van der Waals surface area contributed by atoms with Crippen LogP contribution >= 0.6 is 0 Å². The van der Waals surface area contributed by atoms with Crippen molar-refractivity contribution in [3.05, 3.63) is 24.0 Å². The molecule has 1 unspecified atom stereocenters. The van der Waals surface area contributed by atoms with Gasteiger partial charge in [-0.15, -0.1) is 0 Å². The van der Waals surface area contributed by atoms with Gasteiger partial charge in [0, 0.05) is 52.8 Å². The molecule has 1 aliphatic heterocycles. The first-order chi connectivity index (χ1) is 11.2. The van der Waals surface area contributed by atoms with Crippen LogP contribution < -0.4 is 5.32 Å². The molecule has 2 rings (SSSR count). The highest BCUT2D eigenvalue weighted by atomic mass is 16.5. The summed E-state index contributed by atoms with van der Waals surface area (Å²) in [6.45, 7) is 4.06. The number of aliphatic imine (C=N–C) groups is 1. The molecule has 0 aliphatic carbocycles. The molecule has 0 radical (unpaired) electrons. The molecule has 2 heterocycles. The highest BCUT2D eigenvalue weighted by molar-refractivity contribution is 5.79. The zero-order valence-corrected chi connectivity index (χ0v) is 14.6. The first-order valence-corrected chi connectivity index (χ1v) is 8.42. The van der Waals surface area contributed by atoms with E-state index in [1.807, 2.05) is 7.05 Å². The average Bonchev–Trinajstić information content (AvgIpc) is 3.19. The highest BCUT2D eigenvalue weighted by Crippen LogP contribution is 2.11. The van der Waals surface area contributed by atoms with Gasteiger partial charge in [-0.2, -0.15) is 0 Å². The lowest BCUT2D eigenvalue weighted by molar-refractivity contribution is 0.0168. The molecule has 0 amide bonds. The first-order valence-electron chi connectivity index (χ1n) is 8.42. The monoisotopic (exact) mass is 322 g/mol. The van der Waals surface area contributed by atoms with E-state index in [4.69, 9.17) is 9.47 Å². The van der Waals surface area contributed by atoms with Crippen molar-refractivity contribution in [3.8, 4) is 0 Å². The van der Waals surface area contributed by atoms with Crippen molar-refractivity contribution in [2.24, 2.45) is 12.0 Å². The summed E-state index contributed by atoms with van der Waals surface area (Å²) in [6.07, 6.45) is 5.63. The molecular weight excluding hydrogens is 292 g/mol. The van der Waals surface area contributed by atoms with Crippen molar-refractivity contribution in [2.75, 3.05) is 40.5 Å². The summed E-state index contributed by atoms with van der Waals surface area (Å²) in [6, 6.07) is 4.19. The summed E-state index contributed by atoms with van der Waals surface area (Å²) in [7, 11) is 5.93. The molecule has 1 saturated heterocycles. The maximum atomic E-state index is 5.67. The molecule has 0 aromatic carbocycles. The van der Waals surface area contributed by atoms with E-state index in [2.05, 4.69) is 52.2 Å². The van der Waals surface area contributed by atoms with Crippen LogP contribution in [0, 0.1) is 0 Å². The zero-order chi connectivity index (χ0) is 16.5. The molecule has 1 atom stereocenters. The third-order valence-corrected chi connectivity index (χ3v) is 4.10. The second-order valence-electron chi connectivity index (χ2n) is 6.00. The van der Waals surface area contributed by atoms with Gasteiger partial charge in [0.15, 0.2) is 5.96 Å². The summed E-state index contributed by atoms with van der Waals surface area (Å²) < 4.78 is 13.3. The van der Waals surface area contributed by atoms with E-state index in [-0.39, 0.29) is 0 Å². The lowest BCUT2D eigenvalue weighted by atomic mass is 10.2. The SMILES string of the molecule is CN=C(NCCCOCC1CCCO1)N(C)Cc1cccn1C. The molecule has 1 aromatic heterocycles. The van der Waals surface area contributed by atoms with Crippen LogP contribution in [0.15, 0.2) is 23.3 Å². The van der Waals surface area contributed by atoms with Crippen LogP contribution in [0.1, 0.15) is 25.0 Å². The summed E-state index contributed by atoms with van der Waals surface area (Å²) in [5.74, 6) is 0.908. The van der Waals surface area contributed by atoms with Gasteiger partial charge in [0.05, 0.1) is 19.3 Å². The van der Waals surface area contributed by atoms with Crippen molar-refractivity contribution in [1.29, 1.82) is 0 Å². The molecule has 1 fully saturated rings. The van der Waals surface area contributed by atoms with E-state index in [0.717, 1.165) is 51.7 Å². The molecule has 0 spiro atoms. The van der Waals surface area contributed by atoms with E-state index in [1.165, 1.54) is 12.1 Å². The second kappa shape index (κ2) is 9.57. The Balaban J connectivity index is 1.59. The molecule has 1 aromatic rings. The maximum absolute atomic E-state index is 5.67. The molecule has 6 nitrogen and oxygen atoms in total. The third kappa shape index (κ3) is 5.88. The Hall–Kier alpha value is -1.53. The van der Waals surface area contributed by atoms with Gasteiger partial charge >= 0.3 is 0 Å². The van der Waals surface area contributed by atoms with Gasteiger partial charge in [0.2, 0.25) is 0 Å². The van der Waals surface area contributed by atoms with Gasteiger partial charge in [-0.1, -0.05) is 0 Å². The van der Waals surface area contributed by atoms with Gasteiger partial charge in [0.1, 0.15) is 0 Å². The van der Waals surface area contributed by atoms with Gasteiger partial charge in [-0.25, -0.2) is 0 Å². The minimum Gasteiger partial charge on any atom is -0.379 e. The molecule has 130 valence electrons. The van der Waals surface area contributed by atoms with Crippen molar-refractivity contribution in [1.82, 2.24) is 14.8 Å². The largest absolute Gasteiger partial charge is 0.379 e. The minimum atomic E-state index is 0.312. The third-order valence-electron chi connectivity index (χ3n) is 4.10. The maximum Gasteiger partial charge on any atom is 0.193 e. The summed E-state index contributed by atoms with van der Waals surface area (Å²) in [5.41, 5.74) is 1.26. The Bertz CT molecular complexity index is 481. The molecule has 6 heteroatoms. The number of hydrogen-bond donors (Lipinski definition) is 1. The van der Waals surface area contributed by atoms with Crippen LogP contribution in [0.25, 0.3) is 0 Å². The Kier molecular flexibility index (Phi) is 7.42. The molecular formula is C17H30N4O2. The number of guanidine groups is 1. The fourth-order valence-electron chi connectivity index (χ4n) is 2.73. The Morgan fingerprint density at radius 3 is 3.09 bits per heavy atom. The van der Waals surface area contributed by atoms with Gasteiger partial charge in [0.25, 0.3) is 0 Å². The van der Waals surface area contributed by atoms with Crippen molar-refractivity contribution in [3.63, 3.8) is 0 Å². The molecule has 23 heavy (non-hydrogen) atoms. The van der Waals surface area contributed by atoms with Crippen LogP contribution in [0.2, 0.25) is 0 Å². The molecule has 0 saturated carbocycles. The van der Waals surface area contributed by atoms with Crippen LogP contribution in [-0.2, 0) is 23.1 Å². The minimum absolute atomic E-state index is 0.312. The highest BCUT2D eigenvalue weighted by Gasteiger charge is 2.15. The number of aryl methyl sites for hydroxylation is 1. The van der Waals surface area contributed by atoms with Crippen LogP contribution in [0.4, 0.5) is 0 Å². The van der Waals surface area contributed by atoms with Crippen molar-refractivity contribution in [2.45, 2.75) is 31.9 Å². The fourth-order valence-corrected chi connectivity index (χ4v) is 2.73. The standard InChI is InChI=1S/C17H30N4O2/c1-18-17(21(3)13-15-7-4-10-20(15)2)19-9-6-11-22-14-16-8-5-12-23-16/h4,7,10,16H,5-6,8-9,11-14H2,1-3H3,(H,18,19). The lowest BCUT2D eigenvalue weighted by Crippen LogP contribution is -2.39. The molecule has 1 N–H and O–H groups in total. The number of nitrogens with one attached hydrogen (secondary N) is 1. The number of hydrogen-bond acceptors (Lipinski definition) is 3. The summed E-state index contributed by atoms with van der Waals surface area (Å²) in [5, 5.41) is 3.38. The predicted molar refractivity (Wildman–Crippen MR) is 92.7 cm³/mol. The fraction of sp³-hybridized carbons (Fsp3) is 0.706. The number of nitrogens with zero attached hydrogens (tertiary/aromatic N) is 3. The smallest absolute Gasteiger partial charge is 0.193 e. The van der Waals surface area contributed by atoms with Gasteiger partial charge < -0.3 is 24.3 Å². The first kappa shape index (κ1) is 17.8.